The van der Waals surface area contributed by atoms with Crippen molar-refractivity contribution in [2.45, 2.75) is 126 Å². The monoisotopic (exact) mass is 715 g/mol. The van der Waals surface area contributed by atoms with Gasteiger partial charge in [0.25, 0.3) is 5.91 Å². The number of hydrogen-bond donors (Lipinski definition) is 0. The number of anilines is 2. The summed E-state index contributed by atoms with van der Waals surface area (Å²) in [4.78, 5) is 57.9. The largest absolute Gasteiger partial charge is 0.476 e. The van der Waals surface area contributed by atoms with Crippen LogP contribution in [0.15, 0.2) is 18.2 Å². The summed E-state index contributed by atoms with van der Waals surface area (Å²) < 4.78 is 22.6. The maximum atomic E-state index is 14.2. The van der Waals surface area contributed by atoms with Crippen molar-refractivity contribution in [1.82, 2.24) is 4.90 Å². The number of benzene rings is 1. The Hall–Kier alpha value is -3.18. The van der Waals surface area contributed by atoms with Gasteiger partial charge in [-0.2, -0.15) is 0 Å². The van der Waals surface area contributed by atoms with Gasteiger partial charge >= 0.3 is 6.09 Å². The van der Waals surface area contributed by atoms with Gasteiger partial charge in [-0.05, 0) is 111 Å². The van der Waals surface area contributed by atoms with Crippen molar-refractivity contribution in [1.29, 1.82) is 0 Å². The summed E-state index contributed by atoms with van der Waals surface area (Å²) in [5, 5.41) is 0. The third-order valence-corrected chi connectivity index (χ3v) is 9.10. The van der Waals surface area contributed by atoms with Gasteiger partial charge < -0.3 is 33.6 Å². The molecule has 1 saturated heterocycles. The number of carbonyl (C=O) groups is 4. The number of fused-ring (bicyclic) bond motifs is 1. The van der Waals surface area contributed by atoms with E-state index in [9.17, 15) is 19.2 Å². The van der Waals surface area contributed by atoms with Crippen LogP contribution in [-0.2, 0) is 28.6 Å². The average molecular weight is 716 g/mol. The van der Waals surface area contributed by atoms with E-state index < -0.39 is 29.1 Å². The van der Waals surface area contributed by atoms with Gasteiger partial charge in [0, 0.05) is 57.1 Å². The lowest BCUT2D eigenvalue weighted by atomic mass is 9.86. The van der Waals surface area contributed by atoms with Crippen LogP contribution in [0.3, 0.4) is 0 Å². The first-order valence-electron chi connectivity index (χ1n) is 19.0. The molecule has 2 aliphatic heterocycles. The van der Waals surface area contributed by atoms with Crippen LogP contribution in [0.4, 0.5) is 16.2 Å². The van der Waals surface area contributed by atoms with E-state index in [4.69, 9.17) is 18.9 Å². The van der Waals surface area contributed by atoms with Crippen molar-refractivity contribution in [2.24, 2.45) is 23.7 Å². The number of ether oxygens (including phenoxy) is 4. The second-order valence-corrected chi connectivity index (χ2v) is 16.3. The number of likely N-dealkylation sites (tertiary alicyclic amines) is 1. The highest BCUT2D eigenvalue weighted by Crippen LogP contribution is 2.43. The van der Waals surface area contributed by atoms with Crippen LogP contribution in [-0.4, -0.2) is 91.9 Å². The highest BCUT2D eigenvalue weighted by atomic mass is 16.6. The first-order valence-corrected chi connectivity index (χ1v) is 19.0. The summed E-state index contributed by atoms with van der Waals surface area (Å²) in [7, 11) is 0. The number of rotatable bonds is 14. The molecule has 51 heavy (non-hydrogen) atoms. The van der Waals surface area contributed by atoms with Crippen molar-refractivity contribution in [3.05, 3.63) is 18.2 Å². The molecule has 11 nitrogen and oxygen atoms in total. The lowest BCUT2D eigenvalue weighted by molar-refractivity contribution is -0.133. The van der Waals surface area contributed by atoms with Gasteiger partial charge in [-0.1, -0.05) is 27.7 Å². The van der Waals surface area contributed by atoms with Crippen LogP contribution in [0, 0.1) is 23.7 Å². The molecule has 2 heterocycles. The number of hydrogen-bond acceptors (Lipinski definition) is 8. The molecule has 4 rings (SSSR count). The van der Waals surface area contributed by atoms with E-state index in [0.29, 0.717) is 43.3 Å². The van der Waals surface area contributed by atoms with Gasteiger partial charge in [0.1, 0.15) is 17.1 Å². The molecule has 2 fully saturated rings. The van der Waals surface area contributed by atoms with Crippen LogP contribution in [0.1, 0.15) is 108 Å². The average Bonchev–Trinajstić information content (AvgIpc) is 3.88. The fourth-order valence-electron chi connectivity index (χ4n) is 6.62. The lowest BCUT2D eigenvalue weighted by Crippen LogP contribution is -2.53. The number of nitrogens with zero attached hydrogens (tertiary/aromatic N) is 3. The maximum Gasteiger partial charge on any atom is 0.410 e. The Labute approximate surface area is 306 Å². The predicted molar refractivity (Wildman–Crippen MR) is 200 cm³/mol. The van der Waals surface area contributed by atoms with Gasteiger partial charge in [-0.15, -0.1) is 0 Å². The Morgan fingerprint density at radius 3 is 2.25 bits per heavy atom. The predicted octanol–water partition coefficient (Wildman–Crippen LogP) is 7.28. The van der Waals surface area contributed by atoms with Gasteiger partial charge in [-0.25, -0.2) is 4.79 Å². The fraction of sp³-hybridized carbons (Fsp3) is 0.750. The third-order valence-electron chi connectivity index (χ3n) is 9.10. The zero-order valence-corrected chi connectivity index (χ0v) is 33.2. The summed E-state index contributed by atoms with van der Waals surface area (Å²) >= 11 is 0. The number of piperidine rings is 1. The van der Waals surface area contributed by atoms with E-state index in [2.05, 4.69) is 20.8 Å². The minimum Gasteiger partial charge on any atom is -0.476 e. The molecule has 1 aliphatic carbocycles. The summed E-state index contributed by atoms with van der Waals surface area (Å²) in [5.41, 5.74) is -0.448. The molecular formula is C40H65N3O8. The number of Topliss-reactive ketones (excluding diaryl/α,β-unsaturated/α-hetero) is 1. The molecule has 3 amide bonds. The molecule has 0 radical (unpaired) electrons. The number of amides is 3. The van der Waals surface area contributed by atoms with E-state index in [-0.39, 0.29) is 36.7 Å². The molecule has 11 heteroatoms. The van der Waals surface area contributed by atoms with Crippen molar-refractivity contribution >= 4 is 35.1 Å². The Bertz CT molecular complexity index is 1340. The van der Waals surface area contributed by atoms with E-state index in [0.717, 1.165) is 44.3 Å². The zero-order chi connectivity index (χ0) is 38.1. The molecule has 1 unspecified atom stereocenters. The molecule has 0 spiro atoms. The molecule has 0 bridgehead atoms. The molecule has 3 aliphatic rings. The van der Waals surface area contributed by atoms with Crippen LogP contribution in [0.2, 0.25) is 0 Å². The van der Waals surface area contributed by atoms with Crippen LogP contribution in [0.25, 0.3) is 0 Å². The second-order valence-electron chi connectivity index (χ2n) is 16.3. The van der Waals surface area contributed by atoms with E-state index >= 15 is 0 Å². The highest BCUT2D eigenvalue weighted by Gasteiger charge is 2.44. The number of ketones is 1. The molecule has 1 aromatic rings. The minimum absolute atomic E-state index is 0.0196. The molecule has 1 aromatic carbocycles. The summed E-state index contributed by atoms with van der Waals surface area (Å²) in [6, 6.07) is 5.53. The molecular weight excluding hydrogens is 650 g/mol. The zero-order valence-electron chi connectivity index (χ0n) is 33.2. The molecule has 1 saturated carbocycles. The van der Waals surface area contributed by atoms with E-state index in [1.54, 1.807) is 44.4 Å². The van der Waals surface area contributed by atoms with E-state index in [1.165, 1.54) is 18.2 Å². The lowest BCUT2D eigenvalue weighted by Gasteiger charge is -2.40. The van der Waals surface area contributed by atoms with Crippen LogP contribution < -0.4 is 14.5 Å². The van der Waals surface area contributed by atoms with Gasteiger partial charge in [-0.3, -0.25) is 14.4 Å². The normalized spacial score (nSPS) is 20.5. The molecule has 288 valence electrons. The maximum absolute atomic E-state index is 14.2. The second kappa shape index (κ2) is 18.5. The van der Waals surface area contributed by atoms with E-state index in [1.807, 2.05) is 32.0 Å². The van der Waals surface area contributed by atoms with Gasteiger partial charge in [0.05, 0.1) is 18.2 Å². The standard InChI is InChI=1S/C31H45N3O7.C9H20O/c1-8-14-39-15-13-33-25-17-24(11-12-26(25)40-31(6,7)28(33)37)34(23-9-10-23)27(36)22-16-21(20(2)35)18-32(19-22)29(38)41-30(3,4)5;1-5-10-7-9(4)6-8(2)3/h11-12,17,21-23H,8-10,13-16,18-19H2,1-7H3;8-9H,5-7H2,1-4H3/t21-,22+;/m0./s1. The quantitative estimate of drug-likeness (QED) is 0.185. The Kier molecular flexibility index (Phi) is 15.4. The summed E-state index contributed by atoms with van der Waals surface area (Å²) in [5.74, 6) is 0.739. The highest BCUT2D eigenvalue weighted by molar-refractivity contribution is 6.04. The topological polar surface area (TPSA) is 115 Å². The first kappa shape index (κ1) is 42.2. The van der Waals surface area contributed by atoms with Crippen LogP contribution in [0.5, 0.6) is 5.75 Å². The molecule has 0 N–H and O–H groups in total. The molecule has 0 aromatic heterocycles. The number of carbonyl (C=O) groups excluding carboxylic acids is 4. The van der Waals surface area contributed by atoms with Crippen molar-refractivity contribution in [3.63, 3.8) is 0 Å². The van der Waals surface area contributed by atoms with Crippen molar-refractivity contribution in [3.8, 4) is 5.75 Å². The first-order chi connectivity index (χ1) is 23.9. The third kappa shape index (κ3) is 12.5. The summed E-state index contributed by atoms with van der Waals surface area (Å²) in [6.45, 7) is 24.8. The smallest absolute Gasteiger partial charge is 0.410 e. The fourth-order valence-corrected chi connectivity index (χ4v) is 6.62. The minimum atomic E-state index is -1.03. The SMILES string of the molecule is CCCOCCN1C(=O)C(C)(C)Oc2ccc(N(C(=O)[C@@H]3C[C@H](C(C)=O)CN(C(=O)OC(C)(C)C)C3)C3CC3)cc21.CCOCC(C)CC(C)C. The Balaban J connectivity index is 0.000000612. The van der Waals surface area contributed by atoms with Crippen molar-refractivity contribution < 1.29 is 38.1 Å². The van der Waals surface area contributed by atoms with Crippen molar-refractivity contribution in [2.75, 3.05) is 55.9 Å². The Morgan fingerprint density at radius 1 is 1.02 bits per heavy atom. The summed E-state index contributed by atoms with van der Waals surface area (Å²) in [6.07, 6.45) is 3.74. The van der Waals surface area contributed by atoms with Gasteiger partial charge in [0.15, 0.2) is 5.60 Å². The molecule has 3 atom stereocenters. The Morgan fingerprint density at radius 2 is 1.69 bits per heavy atom. The van der Waals surface area contributed by atoms with Crippen LogP contribution >= 0.6 is 0 Å². The van der Waals surface area contributed by atoms with Gasteiger partial charge in [0.2, 0.25) is 5.91 Å².